The number of hydrogen-bond acceptors (Lipinski definition) is 6. The average molecular weight is 472 g/mol. The summed E-state index contributed by atoms with van der Waals surface area (Å²) in [5, 5.41) is 23.4. The molecular weight excluding hydrogens is 460 g/mol. The number of para-hydroxylation sites is 2. The van der Waals surface area contributed by atoms with E-state index in [0.29, 0.717) is 21.5 Å². The Hall–Kier alpha value is -2.26. The zero-order chi connectivity index (χ0) is 18.0. The van der Waals surface area contributed by atoms with E-state index in [4.69, 9.17) is 9.47 Å². The highest BCUT2D eigenvalue weighted by molar-refractivity contribution is 9.11. The summed E-state index contributed by atoms with van der Waals surface area (Å²) in [7, 11) is 0. The van der Waals surface area contributed by atoms with Crippen molar-refractivity contribution in [2.45, 2.75) is 6.10 Å². The molecule has 0 aliphatic carbocycles. The Balaban J connectivity index is 1.66. The summed E-state index contributed by atoms with van der Waals surface area (Å²) in [5.74, 6) is 0.248. The lowest BCUT2D eigenvalue weighted by atomic mass is 10.2. The van der Waals surface area contributed by atoms with Gasteiger partial charge in [-0.2, -0.15) is 5.10 Å². The predicted molar refractivity (Wildman–Crippen MR) is 97.3 cm³/mol. The highest BCUT2D eigenvalue weighted by atomic mass is 79.9. The standard InChI is InChI=1S/C16H12Br2N2O5/c17-9-5-8(14(21)13(18)15(9)22)6-19-20-16(23)12-7-24-10-3-1-2-4-11(10)25-12/h1-6,12,21-22H,7H2,(H,20,23)/b19-6-/t12-/m0/s1. The van der Waals surface area contributed by atoms with Gasteiger partial charge in [0.15, 0.2) is 11.5 Å². The molecule has 3 rings (SSSR count). The van der Waals surface area contributed by atoms with Crippen molar-refractivity contribution < 1.29 is 24.5 Å². The minimum Gasteiger partial charge on any atom is -0.506 e. The van der Waals surface area contributed by atoms with Gasteiger partial charge in [-0.3, -0.25) is 4.79 Å². The molecule has 0 aromatic heterocycles. The van der Waals surface area contributed by atoms with Crippen LogP contribution < -0.4 is 14.9 Å². The smallest absolute Gasteiger partial charge is 0.284 e. The van der Waals surface area contributed by atoms with E-state index in [1.807, 2.05) is 6.07 Å². The molecule has 1 amide bonds. The molecule has 0 saturated carbocycles. The van der Waals surface area contributed by atoms with Crippen LogP contribution in [0, 0.1) is 0 Å². The number of hydrogen-bond donors (Lipinski definition) is 3. The largest absolute Gasteiger partial charge is 0.506 e. The number of halogens is 2. The number of ether oxygens (including phenoxy) is 2. The van der Waals surface area contributed by atoms with Crippen molar-refractivity contribution in [3.63, 3.8) is 0 Å². The minimum absolute atomic E-state index is 0.0694. The summed E-state index contributed by atoms with van der Waals surface area (Å²) in [6.45, 7) is 0.0694. The van der Waals surface area contributed by atoms with Gasteiger partial charge in [-0.1, -0.05) is 12.1 Å². The van der Waals surface area contributed by atoms with E-state index in [2.05, 4.69) is 42.4 Å². The summed E-state index contributed by atoms with van der Waals surface area (Å²) in [5.41, 5.74) is 2.63. The van der Waals surface area contributed by atoms with E-state index in [-0.39, 0.29) is 22.6 Å². The Kier molecular flexibility index (Phi) is 5.14. The van der Waals surface area contributed by atoms with E-state index in [9.17, 15) is 15.0 Å². The Labute approximate surface area is 159 Å². The van der Waals surface area contributed by atoms with Crippen molar-refractivity contribution in [2.75, 3.05) is 6.61 Å². The lowest BCUT2D eigenvalue weighted by Crippen LogP contribution is -2.42. The molecule has 0 saturated heterocycles. The number of hydrazone groups is 1. The molecule has 1 heterocycles. The fourth-order valence-electron chi connectivity index (χ4n) is 2.10. The molecule has 2 aromatic carbocycles. The number of benzene rings is 2. The second kappa shape index (κ2) is 7.32. The molecule has 7 nitrogen and oxygen atoms in total. The number of rotatable bonds is 3. The Morgan fingerprint density at radius 2 is 1.96 bits per heavy atom. The van der Waals surface area contributed by atoms with E-state index < -0.39 is 12.0 Å². The summed E-state index contributed by atoms with van der Waals surface area (Å²) < 4.78 is 11.5. The Morgan fingerprint density at radius 3 is 2.72 bits per heavy atom. The molecule has 0 fully saturated rings. The van der Waals surface area contributed by atoms with Crippen LogP contribution in [-0.4, -0.2) is 35.0 Å². The second-order valence-corrected chi connectivity index (χ2v) is 6.70. The van der Waals surface area contributed by atoms with Gasteiger partial charge in [0.1, 0.15) is 22.6 Å². The predicted octanol–water partition coefficient (Wildman–Crippen LogP) is 2.91. The molecule has 130 valence electrons. The van der Waals surface area contributed by atoms with E-state index in [1.54, 1.807) is 18.2 Å². The van der Waals surface area contributed by atoms with Gasteiger partial charge in [0, 0.05) is 5.56 Å². The van der Waals surface area contributed by atoms with Crippen LogP contribution in [0.1, 0.15) is 5.56 Å². The Bertz CT molecular complexity index is 857. The maximum absolute atomic E-state index is 12.1. The van der Waals surface area contributed by atoms with Gasteiger partial charge in [0.25, 0.3) is 5.91 Å². The number of aromatic hydroxyl groups is 2. The first-order valence-corrected chi connectivity index (χ1v) is 8.67. The third kappa shape index (κ3) is 3.72. The number of carbonyl (C=O) groups excluding carboxylic acids is 1. The first kappa shape index (κ1) is 17.6. The zero-order valence-electron chi connectivity index (χ0n) is 12.6. The van der Waals surface area contributed by atoms with Gasteiger partial charge < -0.3 is 19.7 Å². The molecule has 1 atom stereocenters. The van der Waals surface area contributed by atoms with E-state index in [1.165, 1.54) is 12.3 Å². The molecule has 0 radical (unpaired) electrons. The number of phenolic OH excluding ortho intramolecular Hbond substituents is 2. The zero-order valence-corrected chi connectivity index (χ0v) is 15.7. The number of phenols is 2. The molecular formula is C16H12Br2N2O5. The average Bonchev–Trinajstić information content (AvgIpc) is 2.63. The first-order valence-electron chi connectivity index (χ1n) is 7.08. The van der Waals surface area contributed by atoms with Gasteiger partial charge in [0.2, 0.25) is 6.10 Å². The van der Waals surface area contributed by atoms with Crippen LogP contribution in [-0.2, 0) is 4.79 Å². The summed E-state index contributed by atoms with van der Waals surface area (Å²) in [6, 6.07) is 8.52. The quantitative estimate of drug-likeness (QED) is 0.472. The molecule has 0 bridgehead atoms. The molecule has 9 heteroatoms. The summed E-state index contributed by atoms with van der Waals surface area (Å²) in [6.07, 6.45) is 0.416. The summed E-state index contributed by atoms with van der Waals surface area (Å²) >= 11 is 6.22. The van der Waals surface area contributed by atoms with Gasteiger partial charge >= 0.3 is 0 Å². The van der Waals surface area contributed by atoms with Crippen LogP contribution >= 0.6 is 31.9 Å². The molecule has 2 aromatic rings. The van der Waals surface area contributed by atoms with Crippen LogP contribution in [0.3, 0.4) is 0 Å². The Morgan fingerprint density at radius 1 is 1.24 bits per heavy atom. The van der Waals surface area contributed by atoms with Crippen molar-refractivity contribution in [1.82, 2.24) is 5.43 Å². The van der Waals surface area contributed by atoms with Crippen molar-refractivity contribution in [3.05, 3.63) is 44.8 Å². The molecule has 25 heavy (non-hydrogen) atoms. The third-order valence-corrected chi connectivity index (χ3v) is 4.73. The minimum atomic E-state index is -0.834. The number of nitrogens with one attached hydrogen (secondary N) is 1. The molecule has 0 spiro atoms. The maximum Gasteiger partial charge on any atom is 0.284 e. The van der Waals surface area contributed by atoms with Crippen LogP contribution in [0.2, 0.25) is 0 Å². The van der Waals surface area contributed by atoms with Gasteiger partial charge in [-0.05, 0) is 50.1 Å². The van der Waals surface area contributed by atoms with Crippen LogP contribution in [0.15, 0.2) is 44.4 Å². The van der Waals surface area contributed by atoms with Gasteiger partial charge in [-0.15, -0.1) is 0 Å². The molecule has 3 N–H and O–H groups in total. The maximum atomic E-state index is 12.1. The number of amides is 1. The van der Waals surface area contributed by atoms with Crippen molar-refractivity contribution in [3.8, 4) is 23.0 Å². The SMILES string of the molecule is O=C(N/N=C\c1cc(Br)c(O)c(Br)c1O)[C@@H]1COc2ccccc2O1. The van der Waals surface area contributed by atoms with E-state index in [0.717, 1.165) is 0 Å². The van der Waals surface area contributed by atoms with Gasteiger partial charge in [0.05, 0.1) is 10.7 Å². The first-order chi connectivity index (χ1) is 12.0. The van der Waals surface area contributed by atoms with Crippen molar-refractivity contribution >= 4 is 44.0 Å². The molecule has 0 unspecified atom stereocenters. The monoisotopic (exact) mass is 470 g/mol. The third-order valence-electron chi connectivity index (χ3n) is 3.38. The normalized spacial score (nSPS) is 16.0. The highest BCUT2D eigenvalue weighted by Crippen LogP contribution is 2.40. The van der Waals surface area contributed by atoms with Gasteiger partial charge in [-0.25, -0.2) is 5.43 Å². The summed E-state index contributed by atoms with van der Waals surface area (Å²) in [4.78, 5) is 12.1. The second-order valence-electron chi connectivity index (χ2n) is 5.06. The lowest BCUT2D eigenvalue weighted by molar-refractivity contribution is -0.130. The van der Waals surface area contributed by atoms with Crippen molar-refractivity contribution in [1.29, 1.82) is 0 Å². The number of carbonyl (C=O) groups is 1. The van der Waals surface area contributed by atoms with Crippen molar-refractivity contribution in [2.24, 2.45) is 5.10 Å². The van der Waals surface area contributed by atoms with Crippen LogP contribution in [0.25, 0.3) is 0 Å². The molecule has 1 aliphatic rings. The topological polar surface area (TPSA) is 100 Å². The number of nitrogens with zero attached hydrogens (tertiary/aromatic N) is 1. The fourth-order valence-corrected chi connectivity index (χ4v) is 3.25. The fraction of sp³-hybridized carbons (Fsp3) is 0.125. The van der Waals surface area contributed by atoms with Crippen LogP contribution in [0.4, 0.5) is 0 Å². The van der Waals surface area contributed by atoms with Crippen LogP contribution in [0.5, 0.6) is 23.0 Å². The molecule has 1 aliphatic heterocycles. The highest BCUT2D eigenvalue weighted by Gasteiger charge is 2.27. The van der Waals surface area contributed by atoms with E-state index >= 15 is 0 Å². The lowest BCUT2D eigenvalue weighted by Gasteiger charge is -2.24. The number of fused-ring (bicyclic) bond motifs is 1.